The van der Waals surface area contributed by atoms with E-state index in [4.69, 9.17) is 21.7 Å². The molecule has 144 valence electrons. The Hall–Kier alpha value is -3.22. The maximum Gasteiger partial charge on any atom is 0.408 e. The van der Waals surface area contributed by atoms with Gasteiger partial charge >= 0.3 is 12.1 Å². The van der Waals surface area contributed by atoms with Crippen molar-refractivity contribution in [3.05, 3.63) is 59.7 Å². The number of aryl methyl sites for hydroxylation is 2. The highest BCUT2D eigenvalue weighted by molar-refractivity contribution is 5.79. The lowest BCUT2D eigenvalue weighted by Gasteiger charge is -2.16. The molecule has 7 nitrogen and oxygen atoms in total. The van der Waals surface area contributed by atoms with E-state index in [0.29, 0.717) is 19.4 Å². The van der Waals surface area contributed by atoms with Crippen LogP contribution in [0.25, 0.3) is 0 Å². The molecule has 1 aliphatic rings. The van der Waals surface area contributed by atoms with Crippen molar-refractivity contribution in [2.75, 3.05) is 18.0 Å². The Balaban J connectivity index is 0.000000208. The van der Waals surface area contributed by atoms with E-state index in [9.17, 15) is 9.59 Å². The molecule has 3 rings (SSSR count). The standard InChI is InChI=1S/C14H16N2.C6H9NO4/c15-13-7-3-11(4-8-13)1-2-12-5-9-14(16)10-6-12;8-5(9)4-2-1-3-7(4)6(10)11/h3-10H,1-2,15-16H2;4H,1-3H2,(H,8,9)(H,10,11). The summed E-state index contributed by atoms with van der Waals surface area (Å²) in [5, 5.41) is 17.0. The lowest BCUT2D eigenvalue weighted by molar-refractivity contribution is -0.141. The number of anilines is 2. The number of likely N-dealkylation sites (tertiary alicyclic amines) is 1. The monoisotopic (exact) mass is 371 g/mol. The predicted molar refractivity (Wildman–Crippen MR) is 105 cm³/mol. The first-order valence-corrected chi connectivity index (χ1v) is 8.78. The third-order valence-corrected chi connectivity index (χ3v) is 4.45. The second-order valence-corrected chi connectivity index (χ2v) is 6.46. The fraction of sp³-hybridized carbons (Fsp3) is 0.300. The van der Waals surface area contributed by atoms with Gasteiger partial charge in [0.2, 0.25) is 0 Å². The zero-order chi connectivity index (χ0) is 19.8. The molecule has 0 bridgehead atoms. The van der Waals surface area contributed by atoms with Crippen molar-refractivity contribution in [3.8, 4) is 0 Å². The van der Waals surface area contributed by atoms with Crippen LogP contribution in [0, 0.1) is 0 Å². The molecule has 0 aromatic heterocycles. The van der Waals surface area contributed by atoms with Gasteiger partial charge in [-0.1, -0.05) is 24.3 Å². The third-order valence-electron chi connectivity index (χ3n) is 4.45. The number of nitrogen functional groups attached to an aromatic ring is 2. The van der Waals surface area contributed by atoms with E-state index in [1.807, 2.05) is 24.3 Å². The minimum atomic E-state index is -1.14. The quantitative estimate of drug-likeness (QED) is 0.612. The summed E-state index contributed by atoms with van der Waals surface area (Å²) in [5.74, 6) is -1.05. The second kappa shape index (κ2) is 9.47. The smallest absolute Gasteiger partial charge is 0.408 e. The van der Waals surface area contributed by atoms with Crippen LogP contribution in [0.4, 0.5) is 16.2 Å². The van der Waals surface area contributed by atoms with Gasteiger partial charge < -0.3 is 21.7 Å². The number of carboxylic acids is 1. The SMILES string of the molecule is Nc1ccc(CCc2ccc(N)cc2)cc1.O=C(O)C1CCCN1C(=O)O. The number of amides is 1. The lowest BCUT2D eigenvalue weighted by atomic mass is 10.0. The number of hydrogen-bond donors (Lipinski definition) is 4. The largest absolute Gasteiger partial charge is 0.480 e. The summed E-state index contributed by atoms with van der Waals surface area (Å²) in [6, 6.07) is 15.2. The van der Waals surface area contributed by atoms with Crippen molar-refractivity contribution in [2.24, 2.45) is 0 Å². The van der Waals surface area contributed by atoms with Crippen LogP contribution < -0.4 is 11.5 Å². The van der Waals surface area contributed by atoms with E-state index >= 15 is 0 Å². The second-order valence-electron chi connectivity index (χ2n) is 6.46. The molecule has 0 radical (unpaired) electrons. The minimum Gasteiger partial charge on any atom is -0.480 e. The molecular weight excluding hydrogens is 346 g/mol. The fourth-order valence-corrected chi connectivity index (χ4v) is 2.91. The first-order valence-electron chi connectivity index (χ1n) is 8.78. The molecule has 1 fully saturated rings. The van der Waals surface area contributed by atoms with Crippen LogP contribution >= 0.6 is 0 Å². The van der Waals surface area contributed by atoms with Gasteiger partial charge in [0, 0.05) is 17.9 Å². The summed E-state index contributed by atoms with van der Waals surface area (Å²) in [5.41, 5.74) is 15.5. The lowest BCUT2D eigenvalue weighted by Crippen LogP contribution is -2.39. The number of rotatable bonds is 4. The highest BCUT2D eigenvalue weighted by atomic mass is 16.4. The van der Waals surface area contributed by atoms with Crippen molar-refractivity contribution in [1.82, 2.24) is 4.90 Å². The van der Waals surface area contributed by atoms with Gasteiger partial charge in [0.1, 0.15) is 6.04 Å². The van der Waals surface area contributed by atoms with E-state index in [2.05, 4.69) is 24.3 Å². The summed E-state index contributed by atoms with van der Waals surface area (Å²) in [7, 11) is 0. The zero-order valence-electron chi connectivity index (χ0n) is 15.0. The van der Waals surface area contributed by atoms with Crippen LogP contribution in [0.2, 0.25) is 0 Å². The molecule has 0 aliphatic carbocycles. The molecule has 6 N–H and O–H groups in total. The van der Waals surface area contributed by atoms with Gasteiger partial charge in [0.05, 0.1) is 0 Å². The van der Waals surface area contributed by atoms with Crippen molar-refractivity contribution in [1.29, 1.82) is 0 Å². The van der Waals surface area contributed by atoms with Gasteiger partial charge in [-0.2, -0.15) is 0 Å². The molecule has 27 heavy (non-hydrogen) atoms. The normalized spacial score (nSPS) is 15.7. The summed E-state index contributed by atoms with van der Waals surface area (Å²) >= 11 is 0. The van der Waals surface area contributed by atoms with E-state index in [-0.39, 0.29) is 0 Å². The number of nitrogens with zero attached hydrogens (tertiary/aromatic N) is 1. The van der Waals surface area contributed by atoms with Gasteiger partial charge in [0.25, 0.3) is 0 Å². The Morgan fingerprint density at radius 2 is 1.33 bits per heavy atom. The summed E-state index contributed by atoms with van der Waals surface area (Å²) < 4.78 is 0. The van der Waals surface area contributed by atoms with Crippen LogP contribution in [0.5, 0.6) is 0 Å². The molecule has 1 saturated heterocycles. The summed E-state index contributed by atoms with van der Waals surface area (Å²) in [6.45, 7) is 0.340. The van der Waals surface area contributed by atoms with E-state index in [1.165, 1.54) is 11.1 Å². The van der Waals surface area contributed by atoms with Gasteiger partial charge in [-0.15, -0.1) is 0 Å². The average molecular weight is 371 g/mol. The Bertz CT molecular complexity index is 694. The minimum absolute atomic E-state index is 0.340. The van der Waals surface area contributed by atoms with Crippen LogP contribution in [-0.4, -0.2) is 39.8 Å². The number of aliphatic carboxylic acids is 1. The topological polar surface area (TPSA) is 130 Å². The molecule has 1 heterocycles. The summed E-state index contributed by atoms with van der Waals surface area (Å²) in [6.07, 6.45) is 1.99. The Kier molecular flexibility index (Phi) is 7.05. The van der Waals surface area contributed by atoms with E-state index in [1.54, 1.807) is 0 Å². The number of carbonyl (C=O) groups is 2. The summed E-state index contributed by atoms with van der Waals surface area (Å²) in [4.78, 5) is 21.8. The van der Waals surface area contributed by atoms with Crippen molar-refractivity contribution in [2.45, 2.75) is 31.7 Å². The van der Waals surface area contributed by atoms with Crippen LogP contribution in [0.15, 0.2) is 48.5 Å². The van der Waals surface area contributed by atoms with Crippen molar-refractivity contribution >= 4 is 23.4 Å². The van der Waals surface area contributed by atoms with Gasteiger partial charge in [-0.3, -0.25) is 4.90 Å². The highest BCUT2D eigenvalue weighted by Gasteiger charge is 2.33. The van der Waals surface area contributed by atoms with Gasteiger partial charge in [-0.25, -0.2) is 9.59 Å². The Morgan fingerprint density at radius 3 is 1.67 bits per heavy atom. The van der Waals surface area contributed by atoms with E-state index in [0.717, 1.165) is 29.1 Å². The Morgan fingerprint density at radius 1 is 0.889 bits per heavy atom. The first kappa shape index (κ1) is 20.1. The molecule has 2 aromatic rings. The third kappa shape index (κ3) is 6.22. The molecule has 1 unspecified atom stereocenters. The molecule has 7 heteroatoms. The number of carboxylic acid groups (broad SMARTS) is 2. The average Bonchev–Trinajstić information content (AvgIpc) is 3.14. The van der Waals surface area contributed by atoms with Crippen LogP contribution in [0.1, 0.15) is 24.0 Å². The van der Waals surface area contributed by atoms with E-state index < -0.39 is 18.1 Å². The molecule has 0 saturated carbocycles. The number of benzene rings is 2. The maximum absolute atomic E-state index is 10.4. The molecule has 1 amide bonds. The zero-order valence-corrected chi connectivity index (χ0v) is 15.0. The van der Waals surface area contributed by atoms with Gasteiger partial charge in [-0.05, 0) is 61.1 Å². The fourth-order valence-electron chi connectivity index (χ4n) is 2.91. The molecule has 1 aliphatic heterocycles. The van der Waals surface area contributed by atoms with Crippen molar-refractivity contribution in [3.63, 3.8) is 0 Å². The number of nitrogens with two attached hydrogens (primary N) is 2. The van der Waals surface area contributed by atoms with Crippen LogP contribution in [-0.2, 0) is 17.6 Å². The first-order chi connectivity index (χ1) is 12.9. The highest BCUT2D eigenvalue weighted by Crippen LogP contribution is 2.16. The number of hydrogen-bond acceptors (Lipinski definition) is 4. The molecule has 2 aromatic carbocycles. The maximum atomic E-state index is 10.4. The Labute approximate surface area is 158 Å². The predicted octanol–water partition coefficient (Wildman–Crippen LogP) is 2.85. The van der Waals surface area contributed by atoms with Crippen LogP contribution in [0.3, 0.4) is 0 Å². The van der Waals surface area contributed by atoms with Gasteiger partial charge in [0.15, 0.2) is 0 Å². The molecule has 1 atom stereocenters. The molecular formula is C20H25N3O4. The molecule has 0 spiro atoms. The van der Waals surface area contributed by atoms with Crippen molar-refractivity contribution < 1.29 is 19.8 Å².